The Labute approximate surface area is 374 Å². The number of carbonyl (C=O) groups excluding carboxylic acids is 4. The van der Waals surface area contributed by atoms with Gasteiger partial charge in [0.2, 0.25) is 17.7 Å². The maximum atomic E-state index is 14.6. The molecular weight excluding hydrogens is 849 g/mol. The minimum atomic E-state index is -3.06. The standard InChI is InChI=1S/C45H55F2N9O9/c1-23(2)45(46,47)29-11-9-27(10-12-29)40-52-24(3)36(39(50)55-40)42(60)51-22-35(57)56(5)37-28-20-31(38(58)34(21-28)65-17-7-15-49)30-18-26(8-13-33(30)64-16-6-14-48)19-32(44(62)63)54-41(59)25(4)53-43(37)61/h8-13,18,20-21,23,25,32,37,58H,6-7,14-17,19,22,48-49H2,1-5H3,(H,51,60)(H,53,61)(H,54,59)(H,62,63)(H2,50,52,55)/t25-,32-,37-/m0/s1. The number of aromatic nitrogens is 2. The average Bonchev–Trinajstić information content (AvgIpc) is 3.26. The number of carboxylic acid groups (broad SMARTS) is 1. The molecule has 0 unspecified atom stereocenters. The first-order chi connectivity index (χ1) is 30.8. The number of anilines is 1. The minimum absolute atomic E-state index is 0.0543. The van der Waals surface area contributed by atoms with E-state index >= 15 is 0 Å². The number of alkyl halides is 2. The molecule has 3 atom stereocenters. The molecule has 18 nitrogen and oxygen atoms in total. The number of ether oxygens (including phenoxy) is 2. The number of carboxylic acids is 1. The van der Waals surface area contributed by atoms with E-state index in [9.17, 15) is 43.0 Å². The Hall–Kier alpha value is -6.93. The number of aryl methyl sites for hydroxylation is 1. The van der Waals surface area contributed by atoms with Crippen LogP contribution in [0.5, 0.6) is 17.2 Å². The molecule has 348 valence electrons. The maximum absolute atomic E-state index is 14.6. The molecular formula is C45H55F2N9O9. The number of nitrogens with two attached hydrogens (primary N) is 3. The molecule has 4 bridgehead atoms. The molecule has 3 aromatic carbocycles. The second kappa shape index (κ2) is 21.2. The van der Waals surface area contributed by atoms with Crippen LogP contribution in [0.3, 0.4) is 0 Å². The Kier molecular flexibility index (Phi) is 16.0. The lowest BCUT2D eigenvalue weighted by molar-refractivity contribution is -0.142. The van der Waals surface area contributed by atoms with Crippen LogP contribution in [0.2, 0.25) is 0 Å². The van der Waals surface area contributed by atoms with Crippen molar-refractivity contribution in [3.8, 4) is 39.8 Å². The number of nitrogen functional groups attached to an aromatic ring is 1. The van der Waals surface area contributed by atoms with Gasteiger partial charge in [-0.25, -0.2) is 23.5 Å². The molecule has 1 aromatic heterocycles. The summed E-state index contributed by atoms with van der Waals surface area (Å²) in [5.41, 5.74) is 18.7. The van der Waals surface area contributed by atoms with E-state index in [4.69, 9.17) is 26.7 Å². The van der Waals surface area contributed by atoms with Crippen LogP contribution in [0.4, 0.5) is 14.6 Å². The number of carbonyl (C=O) groups is 5. The molecule has 1 aliphatic rings. The van der Waals surface area contributed by atoms with Gasteiger partial charge in [0, 0.05) is 41.6 Å². The highest BCUT2D eigenvalue weighted by Gasteiger charge is 2.36. The molecule has 65 heavy (non-hydrogen) atoms. The van der Waals surface area contributed by atoms with Crippen molar-refractivity contribution in [1.29, 1.82) is 0 Å². The number of halogens is 2. The van der Waals surface area contributed by atoms with Gasteiger partial charge in [-0.2, -0.15) is 0 Å². The Morgan fingerprint density at radius 2 is 1.58 bits per heavy atom. The van der Waals surface area contributed by atoms with Crippen molar-refractivity contribution < 1.29 is 52.4 Å². The maximum Gasteiger partial charge on any atom is 0.326 e. The van der Waals surface area contributed by atoms with Gasteiger partial charge in [-0.3, -0.25) is 19.2 Å². The van der Waals surface area contributed by atoms with Crippen LogP contribution in [0.15, 0.2) is 54.6 Å². The molecule has 5 rings (SSSR count). The zero-order valence-corrected chi connectivity index (χ0v) is 36.7. The number of hydrogen-bond acceptors (Lipinski definition) is 13. The van der Waals surface area contributed by atoms with Crippen LogP contribution in [0.1, 0.15) is 72.4 Å². The highest BCUT2D eigenvalue weighted by molar-refractivity contribution is 6.01. The summed E-state index contributed by atoms with van der Waals surface area (Å²) in [6.07, 6.45) is 0.681. The van der Waals surface area contributed by atoms with E-state index in [0.717, 1.165) is 4.90 Å². The van der Waals surface area contributed by atoms with Gasteiger partial charge < -0.3 is 57.7 Å². The summed E-state index contributed by atoms with van der Waals surface area (Å²) >= 11 is 0. The second-order valence-corrected chi connectivity index (χ2v) is 15.9. The van der Waals surface area contributed by atoms with Crippen molar-refractivity contribution in [3.63, 3.8) is 0 Å². The number of rotatable bonds is 16. The first kappa shape index (κ1) is 49.1. The van der Waals surface area contributed by atoms with Crippen molar-refractivity contribution >= 4 is 35.4 Å². The van der Waals surface area contributed by atoms with Crippen molar-refractivity contribution in [2.75, 3.05) is 45.6 Å². The van der Waals surface area contributed by atoms with Crippen LogP contribution >= 0.6 is 0 Å². The van der Waals surface area contributed by atoms with Crippen LogP contribution < -0.4 is 42.6 Å². The SMILES string of the molecule is Cc1nc(-c2ccc(C(F)(F)C(C)C)cc2)nc(N)c1C(=O)NCC(=O)N(C)[C@@H]1C(=O)N[C@@H](C)C(=O)N[C@H](C(=O)O)Cc2ccc(OCCCN)c(c2)-c2cc1cc(OCCCN)c2O. The number of amides is 4. The number of benzene rings is 3. The zero-order valence-electron chi connectivity index (χ0n) is 36.7. The molecule has 11 N–H and O–H groups in total. The third-order valence-electron chi connectivity index (χ3n) is 10.8. The van der Waals surface area contributed by atoms with Crippen molar-refractivity contribution in [2.45, 2.75) is 71.0 Å². The number of nitrogens with one attached hydrogen (secondary N) is 3. The first-order valence-electron chi connectivity index (χ1n) is 20.9. The summed E-state index contributed by atoms with van der Waals surface area (Å²) in [4.78, 5) is 77.4. The Morgan fingerprint density at radius 1 is 0.938 bits per heavy atom. The molecule has 0 radical (unpaired) electrons. The fourth-order valence-corrected chi connectivity index (χ4v) is 7.01. The van der Waals surface area contributed by atoms with E-state index in [2.05, 4.69) is 25.9 Å². The van der Waals surface area contributed by atoms with Crippen molar-refractivity contribution in [1.82, 2.24) is 30.8 Å². The predicted molar refractivity (Wildman–Crippen MR) is 236 cm³/mol. The summed E-state index contributed by atoms with van der Waals surface area (Å²) < 4.78 is 41.2. The highest BCUT2D eigenvalue weighted by Crippen LogP contribution is 2.45. The molecule has 4 amide bonds. The number of aromatic hydroxyl groups is 1. The topological polar surface area (TPSA) is 287 Å². The molecule has 0 fully saturated rings. The molecule has 1 aliphatic heterocycles. The van der Waals surface area contributed by atoms with Gasteiger partial charge in [-0.15, -0.1) is 0 Å². The smallest absolute Gasteiger partial charge is 0.326 e. The largest absolute Gasteiger partial charge is 0.504 e. The quantitative estimate of drug-likeness (QED) is 0.0750. The van der Waals surface area contributed by atoms with E-state index in [1.54, 1.807) is 18.2 Å². The molecule has 0 aliphatic carbocycles. The third kappa shape index (κ3) is 11.4. The number of aliphatic carboxylic acids is 1. The Morgan fingerprint density at radius 3 is 2.18 bits per heavy atom. The summed E-state index contributed by atoms with van der Waals surface area (Å²) in [6, 6.07) is 8.70. The lowest BCUT2D eigenvalue weighted by Crippen LogP contribution is -2.53. The van der Waals surface area contributed by atoms with Gasteiger partial charge >= 0.3 is 5.97 Å². The molecule has 4 aromatic rings. The minimum Gasteiger partial charge on any atom is -0.504 e. The van der Waals surface area contributed by atoms with E-state index in [-0.39, 0.29) is 88.6 Å². The second-order valence-electron chi connectivity index (χ2n) is 15.9. The number of phenols is 1. The fourth-order valence-electron chi connectivity index (χ4n) is 7.01. The van der Waals surface area contributed by atoms with Crippen molar-refractivity contribution in [2.24, 2.45) is 17.4 Å². The van der Waals surface area contributed by atoms with Gasteiger partial charge in [-0.1, -0.05) is 44.2 Å². The number of nitrogens with zero attached hydrogens (tertiary/aromatic N) is 3. The third-order valence-corrected chi connectivity index (χ3v) is 10.8. The highest BCUT2D eigenvalue weighted by atomic mass is 19.3. The van der Waals surface area contributed by atoms with Gasteiger partial charge in [0.05, 0.1) is 25.5 Å². The summed E-state index contributed by atoms with van der Waals surface area (Å²) in [5.74, 6) is -9.05. The molecule has 20 heteroatoms. The summed E-state index contributed by atoms with van der Waals surface area (Å²) in [6.45, 7) is 5.77. The molecule has 0 spiro atoms. The average molecular weight is 904 g/mol. The van der Waals surface area contributed by atoms with Gasteiger partial charge in [0.15, 0.2) is 17.3 Å². The van der Waals surface area contributed by atoms with Crippen LogP contribution in [0, 0.1) is 12.8 Å². The van der Waals surface area contributed by atoms with Crippen LogP contribution in [-0.4, -0.2) is 107 Å². The number of phenolic OH excluding ortho intramolecular Hbond substituents is 1. The normalized spacial score (nSPS) is 16.5. The number of fused-ring (bicyclic) bond motifs is 5. The van der Waals surface area contributed by atoms with Gasteiger partial charge in [0.25, 0.3) is 11.8 Å². The number of likely N-dealkylation sites (N-methyl/N-ethyl adjacent to an activating group) is 1. The molecule has 2 heterocycles. The van der Waals surface area contributed by atoms with Crippen LogP contribution in [-0.2, 0) is 31.5 Å². The van der Waals surface area contributed by atoms with Gasteiger partial charge in [0.1, 0.15) is 35.3 Å². The van der Waals surface area contributed by atoms with E-state index in [1.165, 1.54) is 71.1 Å². The Bertz CT molecular complexity index is 2390. The predicted octanol–water partition coefficient (Wildman–Crippen LogP) is 3.17. The van der Waals surface area contributed by atoms with Crippen LogP contribution in [0.25, 0.3) is 22.5 Å². The molecule has 0 saturated carbocycles. The first-order valence-corrected chi connectivity index (χ1v) is 20.9. The lowest BCUT2D eigenvalue weighted by Gasteiger charge is -2.30. The monoisotopic (exact) mass is 903 g/mol. The summed E-state index contributed by atoms with van der Waals surface area (Å²) in [7, 11) is 1.29. The number of hydrogen-bond donors (Lipinski definition) is 8. The summed E-state index contributed by atoms with van der Waals surface area (Å²) in [5, 5.41) is 29.4. The Balaban J connectivity index is 1.52. The fraction of sp³-hybridized carbons (Fsp3) is 0.400. The zero-order chi connectivity index (χ0) is 47.7. The lowest BCUT2D eigenvalue weighted by atomic mass is 9.93. The van der Waals surface area contributed by atoms with E-state index < -0.39 is 66.1 Å². The van der Waals surface area contributed by atoms with E-state index in [0.29, 0.717) is 30.5 Å². The molecule has 0 saturated heterocycles. The van der Waals surface area contributed by atoms with Gasteiger partial charge in [-0.05, 0) is 75.2 Å². The van der Waals surface area contributed by atoms with Crippen molar-refractivity contribution in [3.05, 3.63) is 82.5 Å². The van der Waals surface area contributed by atoms with E-state index in [1.807, 2.05) is 0 Å².